The number of carbonyl (C=O) groups is 2. The molecular weight excluding hydrogens is 472 g/mol. The van der Waals surface area contributed by atoms with E-state index in [4.69, 9.17) is 9.47 Å². The summed E-state index contributed by atoms with van der Waals surface area (Å²) in [6.45, 7) is 19.8. The monoisotopic (exact) mass is 522 g/mol. The zero-order valence-corrected chi connectivity index (χ0v) is 25.5. The van der Waals surface area contributed by atoms with Gasteiger partial charge in [-0.1, -0.05) is 98.9 Å². The van der Waals surface area contributed by atoms with Crippen LogP contribution in [0.3, 0.4) is 0 Å². The van der Waals surface area contributed by atoms with Crippen molar-refractivity contribution in [1.29, 1.82) is 0 Å². The minimum Gasteiger partial charge on any atom is -0.486 e. The van der Waals surface area contributed by atoms with Crippen LogP contribution in [0.25, 0.3) is 0 Å². The molecule has 1 aliphatic carbocycles. The molecule has 0 N–H and O–H groups in total. The zero-order valence-electron chi connectivity index (χ0n) is 25.5. The second-order valence-corrected chi connectivity index (χ2v) is 12.5. The Bertz CT molecular complexity index is 1010. The van der Waals surface area contributed by atoms with Gasteiger partial charge < -0.3 is 9.47 Å². The van der Waals surface area contributed by atoms with Gasteiger partial charge in [0.1, 0.15) is 24.7 Å². The van der Waals surface area contributed by atoms with E-state index in [-0.39, 0.29) is 30.2 Å². The number of rotatable bonds is 8. The Balaban J connectivity index is 0.00000247. The van der Waals surface area contributed by atoms with E-state index in [9.17, 15) is 9.59 Å². The molecule has 1 saturated carbocycles. The highest BCUT2D eigenvalue weighted by molar-refractivity contribution is 5.85. The van der Waals surface area contributed by atoms with Crippen LogP contribution in [-0.2, 0) is 15.0 Å². The lowest BCUT2D eigenvalue weighted by Crippen LogP contribution is -2.31. The van der Waals surface area contributed by atoms with Crippen LogP contribution in [0.4, 0.5) is 0 Å². The average Bonchev–Trinajstić information content (AvgIpc) is 2.87. The molecule has 0 aliphatic heterocycles. The largest absolute Gasteiger partial charge is 0.486 e. The molecule has 210 valence electrons. The molecule has 0 aromatic heterocycles. The maximum absolute atomic E-state index is 12.3. The maximum Gasteiger partial charge on any atom is 0.175 e. The first-order valence-corrected chi connectivity index (χ1v) is 14.3. The summed E-state index contributed by atoms with van der Waals surface area (Å²) in [7, 11) is 0. The zero-order chi connectivity index (χ0) is 28.7. The van der Waals surface area contributed by atoms with Gasteiger partial charge in [-0.25, -0.2) is 0 Å². The van der Waals surface area contributed by atoms with Crippen molar-refractivity contribution in [2.45, 2.75) is 107 Å². The summed E-state index contributed by atoms with van der Waals surface area (Å²) in [5.41, 5.74) is 3.82. The van der Waals surface area contributed by atoms with Gasteiger partial charge in [-0.05, 0) is 61.1 Å². The van der Waals surface area contributed by atoms with Gasteiger partial charge in [-0.2, -0.15) is 0 Å². The number of benzene rings is 2. The Labute approximate surface area is 231 Å². The molecule has 0 spiro atoms. The number of ether oxygens (including phenoxy) is 2. The fraction of sp³-hybridized carbons (Fsp3) is 0.588. The highest BCUT2D eigenvalue weighted by Crippen LogP contribution is 2.46. The summed E-state index contributed by atoms with van der Waals surface area (Å²) in [4.78, 5) is 24.7. The van der Waals surface area contributed by atoms with Gasteiger partial charge >= 0.3 is 0 Å². The molecule has 0 bridgehead atoms. The molecular formula is C34H50O4. The van der Waals surface area contributed by atoms with Gasteiger partial charge in [-0.15, -0.1) is 0 Å². The van der Waals surface area contributed by atoms with E-state index >= 15 is 0 Å². The quantitative estimate of drug-likeness (QED) is 0.348. The fourth-order valence-corrected chi connectivity index (χ4v) is 4.84. The van der Waals surface area contributed by atoms with Crippen molar-refractivity contribution in [2.75, 3.05) is 13.2 Å². The number of aryl methyl sites for hydroxylation is 2. The van der Waals surface area contributed by atoms with Crippen LogP contribution in [0.15, 0.2) is 36.4 Å². The van der Waals surface area contributed by atoms with Crippen LogP contribution in [0.1, 0.15) is 110 Å². The van der Waals surface area contributed by atoms with E-state index in [0.29, 0.717) is 0 Å². The van der Waals surface area contributed by atoms with E-state index in [0.717, 1.165) is 35.5 Å². The summed E-state index contributed by atoms with van der Waals surface area (Å²) < 4.78 is 11.8. The van der Waals surface area contributed by atoms with Gasteiger partial charge in [-0.3, -0.25) is 9.59 Å². The van der Waals surface area contributed by atoms with Crippen molar-refractivity contribution in [2.24, 2.45) is 10.8 Å². The van der Waals surface area contributed by atoms with Crippen LogP contribution in [0.2, 0.25) is 0 Å². The molecule has 0 unspecified atom stereocenters. The summed E-state index contributed by atoms with van der Waals surface area (Å²) >= 11 is 0. The Hall–Kier alpha value is -2.62. The lowest BCUT2D eigenvalue weighted by Gasteiger charge is -2.39. The molecule has 1 fully saturated rings. The summed E-state index contributed by atoms with van der Waals surface area (Å²) in [6, 6.07) is 12.9. The molecule has 1 aliphatic rings. The summed E-state index contributed by atoms with van der Waals surface area (Å²) in [5.74, 6) is 1.73. The lowest BCUT2D eigenvalue weighted by atomic mass is 9.65. The van der Waals surface area contributed by atoms with Gasteiger partial charge in [0.25, 0.3) is 0 Å². The third-order valence-electron chi connectivity index (χ3n) is 7.55. The average molecular weight is 523 g/mol. The second-order valence-electron chi connectivity index (χ2n) is 12.5. The molecule has 38 heavy (non-hydrogen) atoms. The van der Waals surface area contributed by atoms with Crippen LogP contribution in [-0.4, -0.2) is 24.8 Å². The number of carbonyl (C=O) groups excluding carboxylic acids is 2. The third-order valence-corrected chi connectivity index (χ3v) is 7.55. The van der Waals surface area contributed by atoms with E-state index < -0.39 is 10.8 Å². The normalized spacial score (nSPS) is 15.2. The van der Waals surface area contributed by atoms with E-state index in [1.54, 1.807) is 0 Å². The number of ketones is 2. The maximum atomic E-state index is 12.3. The predicted molar refractivity (Wildman–Crippen MR) is 157 cm³/mol. The Kier molecular flexibility index (Phi) is 10.8. The minimum absolute atomic E-state index is 0.0622. The minimum atomic E-state index is -0.409. The van der Waals surface area contributed by atoms with Crippen molar-refractivity contribution in [3.8, 4) is 11.5 Å². The molecule has 4 heteroatoms. The third kappa shape index (κ3) is 7.71. The smallest absolute Gasteiger partial charge is 0.175 e. The number of Topliss-reactive ketones (excluding diaryl/α,β-unsaturated/α-hetero) is 2. The fourth-order valence-electron chi connectivity index (χ4n) is 4.84. The molecule has 2 aromatic carbocycles. The lowest BCUT2D eigenvalue weighted by molar-refractivity contribution is -0.129. The van der Waals surface area contributed by atoms with E-state index in [2.05, 4.69) is 38.1 Å². The van der Waals surface area contributed by atoms with Crippen LogP contribution < -0.4 is 9.47 Å². The van der Waals surface area contributed by atoms with Crippen molar-refractivity contribution >= 4 is 11.6 Å². The predicted octanol–water partition coefficient (Wildman–Crippen LogP) is 8.57. The van der Waals surface area contributed by atoms with Crippen LogP contribution in [0.5, 0.6) is 11.5 Å². The molecule has 2 aromatic rings. The SMILES string of the molecule is CC.Cc1cc(C2(c3ccc(OCC(=O)C(C)(C)C)c(C)c3)CCCCC2)ccc1OCC(=O)C(C)(C)C. The van der Waals surface area contributed by atoms with Crippen molar-refractivity contribution in [1.82, 2.24) is 0 Å². The molecule has 0 radical (unpaired) electrons. The molecule has 0 amide bonds. The molecule has 3 rings (SSSR count). The first-order valence-electron chi connectivity index (χ1n) is 14.3. The van der Waals surface area contributed by atoms with Gasteiger partial charge in [0.2, 0.25) is 0 Å². The Morgan fingerprint density at radius 3 is 1.37 bits per heavy atom. The van der Waals surface area contributed by atoms with Gasteiger partial charge in [0.05, 0.1) is 0 Å². The highest BCUT2D eigenvalue weighted by atomic mass is 16.5. The second kappa shape index (κ2) is 13.0. The topological polar surface area (TPSA) is 52.6 Å². The van der Waals surface area contributed by atoms with Gasteiger partial charge in [0, 0.05) is 16.2 Å². The molecule has 0 atom stereocenters. The summed E-state index contributed by atoms with van der Waals surface area (Å²) in [5, 5.41) is 0. The molecule has 4 nitrogen and oxygen atoms in total. The summed E-state index contributed by atoms with van der Waals surface area (Å²) in [6.07, 6.45) is 5.82. The first kappa shape index (κ1) is 31.6. The molecule has 0 heterocycles. The number of hydrogen-bond donors (Lipinski definition) is 0. The van der Waals surface area contributed by atoms with E-state index in [1.165, 1.54) is 30.4 Å². The van der Waals surface area contributed by atoms with Gasteiger partial charge in [0.15, 0.2) is 11.6 Å². The molecule has 0 saturated heterocycles. The van der Waals surface area contributed by atoms with Crippen LogP contribution >= 0.6 is 0 Å². The Morgan fingerprint density at radius 1 is 0.684 bits per heavy atom. The van der Waals surface area contributed by atoms with Crippen molar-refractivity contribution in [3.05, 3.63) is 58.7 Å². The number of hydrogen-bond acceptors (Lipinski definition) is 4. The van der Waals surface area contributed by atoms with Crippen LogP contribution in [0, 0.1) is 24.7 Å². The first-order chi connectivity index (χ1) is 17.7. The van der Waals surface area contributed by atoms with Crippen molar-refractivity contribution < 1.29 is 19.1 Å². The van der Waals surface area contributed by atoms with Crippen molar-refractivity contribution in [3.63, 3.8) is 0 Å². The Morgan fingerprint density at radius 2 is 1.05 bits per heavy atom. The highest BCUT2D eigenvalue weighted by Gasteiger charge is 2.36. The van der Waals surface area contributed by atoms with E-state index in [1.807, 2.05) is 67.5 Å². The standard InChI is InChI=1S/C32H44O4.C2H6/c1-22-18-24(12-14-26(22)35-20-28(33)30(3,4)5)32(16-10-9-11-17-32)25-13-15-27(23(2)19-25)36-21-29(34)31(6,7)8;1-2/h12-15,18-19H,9-11,16-17,20-21H2,1-8H3;1-2H3.